The number of carboxylic acid groups (broad SMARTS) is 1. The summed E-state index contributed by atoms with van der Waals surface area (Å²) in [5.41, 5.74) is -4.24. The highest BCUT2D eigenvalue weighted by Crippen LogP contribution is 2.42. The van der Waals surface area contributed by atoms with E-state index in [-0.39, 0.29) is 37.2 Å². The number of cyclic esters (lactones) is 1. The van der Waals surface area contributed by atoms with Crippen LogP contribution in [0.3, 0.4) is 0 Å². The Hall–Kier alpha value is -2.23. The van der Waals surface area contributed by atoms with Gasteiger partial charge in [-0.15, -0.1) is 0 Å². The summed E-state index contributed by atoms with van der Waals surface area (Å²) in [7, 11) is 6.77. The summed E-state index contributed by atoms with van der Waals surface area (Å²) >= 11 is 0. The van der Waals surface area contributed by atoms with Gasteiger partial charge in [-0.1, -0.05) is 27.7 Å². The topological polar surface area (TPSA) is 401 Å². The lowest BCUT2D eigenvalue weighted by Crippen LogP contribution is -2.61. The number of aliphatic hydroxyl groups excluding tert-OH is 11. The average Bonchev–Trinajstić information content (AvgIpc) is 3.37. The summed E-state index contributed by atoms with van der Waals surface area (Å²) in [4.78, 5) is 40.8. The number of ketones is 1. The maximum absolute atomic E-state index is 14.2. The highest BCUT2D eigenvalue weighted by atomic mass is 16.7. The number of ether oxygens (including phenoxy) is 9. The molecule has 0 radical (unpaired) electrons. The summed E-state index contributed by atoms with van der Waals surface area (Å²) in [6, 6.07) is -0.283. The Morgan fingerprint density at radius 1 is 0.776 bits per heavy atom. The standard InChI is InChI=1S/C38H69NO13.C12H22O12/c1-15-26-38(10,45)31(42)21(4)28(40)19(2)17-37(9,47-14)33(52-35-29(41)25(39(11)12)16-20(3)48-35)22(5)30(23(6)34(44)50-26)51-27-18-36(8,46-13)32(43)24(7)49-27;13-1-3(15)10(7(18)8(19)11(21)22)24-12-9(20)6(17)5(16)4(2-14)23-12/h19-27,29-33,35,41-43,45H,15-18H2,1-14H3;3-10,12-20H,1-2H2,(H,21,22)/t19-,20-,21+,22-,23-,24+,25+,26-,27+,29-,30+,31+,32+,33-,35+,36-,37-,38-;3-,4-,5+,6+,7-,8-,9-,10-,12+/m11/s1. The van der Waals surface area contributed by atoms with Gasteiger partial charge in [0.15, 0.2) is 25.0 Å². The molecule has 0 saturated carbocycles. The number of hydrogen-bond acceptors (Lipinski definition) is 25. The van der Waals surface area contributed by atoms with Crippen LogP contribution in [0, 0.1) is 23.7 Å². The van der Waals surface area contributed by atoms with Crippen LogP contribution < -0.4 is 0 Å². The summed E-state index contributed by atoms with van der Waals surface area (Å²) < 4.78 is 53.9. The first-order chi connectivity index (χ1) is 35.1. The highest BCUT2D eigenvalue weighted by Gasteiger charge is 2.55. The fourth-order valence-electron chi connectivity index (χ4n) is 10.7. The first-order valence-electron chi connectivity index (χ1n) is 25.9. The molecule has 4 aliphatic heterocycles. The molecular weight excluding hydrogens is 1010 g/mol. The van der Waals surface area contributed by atoms with Crippen molar-refractivity contribution in [3.8, 4) is 0 Å². The normalized spacial score (nSPS) is 44.9. The third-order valence-electron chi connectivity index (χ3n) is 15.9. The molecule has 4 saturated heterocycles. The Morgan fingerprint density at radius 3 is 1.88 bits per heavy atom. The molecule has 0 bridgehead atoms. The summed E-state index contributed by atoms with van der Waals surface area (Å²) in [6.45, 7) is 15.3. The predicted molar refractivity (Wildman–Crippen MR) is 262 cm³/mol. The zero-order chi connectivity index (χ0) is 58.3. The molecule has 0 aliphatic carbocycles. The second kappa shape index (κ2) is 28.5. The van der Waals surface area contributed by atoms with Crippen LogP contribution in [0.15, 0.2) is 0 Å². The number of hydrogen-bond donors (Lipinski definition) is 13. The molecule has 26 heteroatoms. The van der Waals surface area contributed by atoms with E-state index < -0.39 is 176 Å². The van der Waals surface area contributed by atoms with Crippen molar-refractivity contribution in [3.05, 3.63) is 0 Å². The highest BCUT2D eigenvalue weighted by molar-refractivity contribution is 5.83. The number of carboxylic acids is 1. The monoisotopic (exact) mass is 1110 g/mol. The molecule has 0 amide bonds. The van der Waals surface area contributed by atoms with Gasteiger partial charge in [-0.3, -0.25) is 9.59 Å². The molecule has 0 unspecified atom stereocenters. The van der Waals surface area contributed by atoms with Gasteiger partial charge < -0.3 is 114 Å². The third kappa shape index (κ3) is 15.6. The van der Waals surface area contributed by atoms with Crippen molar-refractivity contribution in [2.45, 2.75) is 234 Å². The number of rotatable bonds is 16. The predicted octanol–water partition coefficient (Wildman–Crippen LogP) is -3.23. The number of aliphatic carboxylic acids is 1. The molecule has 0 aromatic heterocycles. The van der Waals surface area contributed by atoms with Crippen LogP contribution in [0.1, 0.15) is 94.9 Å². The summed E-state index contributed by atoms with van der Waals surface area (Å²) in [6.07, 6.45) is -25.7. The van der Waals surface area contributed by atoms with E-state index in [2.05, 4.69) is 0 Å². The van der Waals surface area contributed by atoms with E-state index in [1.54, 1.807) is 48.5 Å². The minimum Gasteiger partial charge on any atom is -0.479 e. The van der Waals surface area contributed by atoms with Gasteiger partial charge in [0.1, 0.15) is 72.4 Å². The molecule has 446 valence electrons. The first-order valence-corrected chi connectivity index (χ1v) is 25.9. The molecule has 0 aromatic rings. The molecule has 4 fully saturated rings. The number of aliphatic hydroxyl groups is 12. The number of likely N-dealkylation sites (N-methyl/N-ethyl adjacent to an activating group) is 1. The lowest BCUT2D eigenvalue weighted by atomic mass is 9.74. The molecule has 76 heavy (non-hydrogen) atoms. The zero-order valence-corrected chi connectivity index (χ0v) is 46.3. The SMILES string of the molecule is CC[C@H]1OC(=O)[C@H](C)[C@@H](O[C@H]2C[C@@](C)(OC)[C@@H](O)[C@H](C)O2)[C@@H](C)[C@@H](O[C@@H]2O[C@H](C)C[C@H](N(C)C)[C@H]2O)[C@](C)(OC)C[C@@H](C)C(=O)[C@H](C)[C@H](O)[C@]1(C)O.O=C(O)[C@H](O)[C@@H](O)[C@H](O[C@@H]1O[C@H](CO)[C@H](O)[C@H](O)[C@H]1O)[C@H](O)CO. The van der Waals surface area contributed by atoms with Gasteiger partial charge >= 0.3 is 11.9 Å². The van der Waals surface area contributed by atoms with Gasteiger partial charge in [-0.2, -0.15) is 0 Å². The number of carbonyl (C=O) groups excluding carboxylic acids is 2. The number of nitrogens with zero attached hydrogens (tertiary/aromatic N) is 1. The van der Waals surface area contributed by atoms with Crippen molar-refractivity contribution in [1.29, 1.82) is 0 Å². The van der Waals surface area contributed by atoms with Crippen LogP contribution in [0.5, 0.6) is 0 Å². The largest absolute Gasteiger partial charge is 0.479 e. The smallest absolute Gasteiger partial charge is 0.335 e. The lowest BCUT2D eigenvalue weighted by Gasteiger charge is -2.50. The van der Waals surface area contributed by atoms with Gasteiger partial charge in [0.25, 0.3) is 0 Å². The van der Waals surface area contributed by atoms with Gasteiger partial charge in [0.05, 0.1) is 60.9 Å². The Balaban J connectivity index is 0.000000529. The van der Waals surface area contributed by atoms with E-state index in [9.17, 15) is 65.4 Å². The van der Waals surface area contributed by atoms with E-state index >= 15 is 0 Å². The number of esters is 1. The minimum atomic E-state index is -2.39. The molecule has 0 aromatic carbocycles. The number of methoxy groups -OCH3 is 2. The summed E-state index contributed by atoms with van der Waals surface area (Å²) in [5.74, 6) is -6.31. The van der Waals surface area contributed by atoms with Crippen molar-refractivity contribution in [2.24, 2.45) is 23.7 Å². The van der Waals surface area contributed by atoms with Gasteiger partial charge in [-0.05, 0) is 74.9 Å². The number of Topliss-reactive ketones (excluding diaryl/α,β-unsaturated/α-hetero) is 1. The van der Waals surface area contributed by atoms with Crippen molar-refractivity contribution in [1.82, 2.24) is 4.90 Å². The second-order valence-corrected chi connectivity index (χ2v) is 22.0. The van der Waals surface area contributed by atoms with E-state index in [1.165, 1.54) is 21.1 Å². The Morgan fingerprint density at radius 2 is 1.37 bits per heavy atom. The van der Waals surface area contributed by atoms with Crippen LogP contribution >= 0.6 is 0 Å². The third-order valence-corrected chi connectivity index (χ3v) is 15.9. The van der Waals surface area contributed by atoms with Gasteiger partial charge in [0, 0.05) is 44.4 Å². The molecule has 13 N–H and O–H groups in total. The quantitative estimate of drug-likeness (QED) is 0.0676. The average molecular weight is 1110 g/mol. The van der Waals surface area contributed by atoms with Gasteiger partial charge in [-0.25, -0.2) is 4.79 Å². The van der Waals surface area contributed by atoms with Crippen LogP contribution in [-0.2, 0) is 57.0 Å². The van der Waals surface area contributed by atoms with Crippen LogP contribution in [0.4, 0.5) is 0 Å². The maximum Gasteiger partial charge on any atom is 0.335 e. The molecule has 4 rings (SSSR count). The van der Waals surface area contributed by atoms with E-state index in [1.807, 2.05) is 32.8 Å². The minimum absolute atomic E-state index is 0.111. The van der Waals surface area contributed by atoms with Crippen molar-refractivity contribution >= 4 is 17.7 Å². The fourth-order valence-corrected chi connectivity index (χ4v) is 10.7. The van der Waals surface area contributed by atoms with Crippen LogP contribution in [0.2, 0.25) is 0 Å². The lowest BCUT2D eigenvalue weighted by molar-refractivity contribution is -0.326. The maximum atomic E-state index is 14.2. The molecule has 27 atom stereocenters. The van der Waals surface area contributed by atoms with Crippen LogP contribution in [0.25, 0.3) is 0 Å². The van der Waals surface area contributed by atoms with E-state index in [0.717, 1.165) is 0 Å². The molecular formula is C50H91NO25. The van der Waals surface area contributed by atoms with E-state index in [4.69, 9.17) is 58.0 Å². The molecule has 0 spiro atoms. The zero-order valence-electron chi connectivity index (χ0n) is 46.3. The number of carbonyl (C=O) groups is 3. The second-order valence-electron chi connectivity index (χ2n) is 22.0. The summed E-state index contributed by atoms with van der Waals surface area (Å²) in [5, 5.41) is 130. The molecule has 4 aliphatic rings. The van der Waals surface area contributed by atoms with Gasteiger partial charge in [0.2, 0.25) is 0 Å². The Kier molecular flexibility index (Phi) is 25.5. The Bertz CT molecular complexity index is 1810. The first kappa shape index (κ1) is 68.0. The molecule has 4 heterocycles. The van der Waals surface area contributed by atoms with Crippen molar-refractivity contribution in [3.63, 3.8) is 0 Å². The van der Waals surface area contributed by atoms with Crippen molar-refractivity contribution < 1.29 is 123 Å². The Labute approximate surface area is 444 Å². The van der Waals surface area contributed by atoms with E-state index in [0.29, 0.717) is 6.42 Å². The van der Waals surface area contributed by atoms with Crippen molar-refractivity contribution in [2.75, 3.05) is 41.5 Å². The van der Waals surface area contributed by atoms with Crippen LogP contribution in [-0.4, -0.2) is 270 Å². The fraction of sp³-hybridized carbons (Fsp3) is 0.940. The molecule has 26 nitrogen and oxygen atoms in total.